The van der Waals surface area contributed by atoms with Gasteiger partial charge in [0.1, 0.15) is 0 Å². The molecule has 2 aliphatic carbocycles. The van der Waals surface area contributed by atoms with Crippen molar-refractivity contribution in [1.82, 2.24) is 4.98 Å². The molecular weight excluding hydrogens is 302 g/mol. The molecule has 1 heteroatoms. The molecule has 0 saturated heterocycles. The maximum absolute atomic E-state index is 4.64. The minimum absolute atomic E-state index is 0.959. The fraction of sp³-hybridized carbons (Fsp3) is 0.792. The van der Waals surface area contributed by atoms with Crippen molar-refractivity contribution in [3.63, 3.8) is 0 Å². The van der Waals surface area contributed by atoms with Crippen LogP contribution in [0.3, 0.4) is 0 Å². The van der Waals surface area contributed by atoms with Crippen molar-refractivity contribution in [3.8, 4) is 0 Å². The number of rotatable bonds is 7. The molecule has 2 saturated carbocycles. The van der Waals surface area contributed by atoms with Crippen molar-refractivity contribution in [2.45, 2.75) is 97.3 Å². The first-order valence-electron chi connectivity index (χ1n) is 11.2. The normalized spacial score (nSPS) is 30.3. The van der Waals surface area contributed by atoms with E-state index in [1.165, 1.54) is 88.3 Å². The van der Waals surface area contributed by atoms with Crippen LogP contribution in [0.25, 0.3) is 0 Å². The average Bonchev–Trinajstić information content (AvgIpc) is 2.68. The van der Waals surface area contributed by atoms with Crippen LogP contribution in [0, 0.1) is 23.7 Å². The van der Waals surface area contributed by atoms with Gasteiger partial charge in [-0.15, -0.1) is 0 Å². The lowest BCUT2D eigenvalue weighted by molar-refractivity contribution is 0.141. The summed E-state index contributed by atoms with van der Waals surface area (Å²) in [6.07, 6.45) is 20.7. The first-order valence-corrected chi connectivity index (χ1v) is 11.2. The third kappa shape index (κ3) is 5.56. The third-order valence-electron chi connectivity index (χ3n) is 7.25. The summed E-state index contributed by atoms with van der Waals surface area (Å²) in [5.41, 5.74) is 2.66. The average molecular weight is 342 g/mol. The van der Waals surface area contributed by atoms with Gasteiger partial charge in [-0.1, -0.05) is 58.4 Å². The molecule has 0 bridgehead atoms. The van der Waals surface area contributed by atoms with Gasteiger partial charge in [0.25, 0.3) is 0 Å². The number of hydrogen-bond donors (Lipinski definition) is 0. The molecule has 0 amide bonds. The Morgan fingerprint density at radius 1 is 0.800 bits per heavy atom. The van der Waals surface area contributed by atoms with E-state index in [0.29, 0.717) is 0 Å². The van der Waals surface area contributed by atoms with Crippen molar-refractivity contribution in [2.75, 3.05) is 0 Å². The molecule has 1 aromatic rings. The molecule has 2 aliphatic rings. The van der Waals surface area contributed by atoms with E-state index in [2.05, 4.69) is 37.2 Å². The van der Waals surface area contributed by atoms with Gasteiger partial charge in [-0.05, 0) is 80.2 Å². The van der Waals surface area contributed by atoms with E-state index >= 15 is 0 Å². The van der Waals surface area contributed by atoms with Crippen LogP contribution in [-0.4, -0.2) is 4.98 Å². The lowest BCUT2D eigenvalue weighted by Gasteiger charge is -2.38. The van der Waals surface area contributed by atoms with Crippen LogP contribution in [0.5, 0.6) is 0 Å². The third-order valence-corrected chi connectivity index (χ3v) is 7.25. The Morgan fingerprint density at radius 2 is 1.40 bits per heavy atom. The van der Waals surface area contributed by atoms with Crippen molar-refractivity contribution in [2.24, 2.45) is 23.7 Å². The summed E-state index contributed by atoms with van der Waals surface area (Å²) in [6.45, 7) is 4.55. The Labute approximate surface area is 156 Å². The highest BCUT2D eigenvalue weighted by molar-refractivity contribution is 5.14. The van der Waals surface area contributed by atoms with Crippen LogP contribution >= 0.6 is 0 Å². The molecule has 0 aliphatic heterocycles. The molecule has 1 aromatic heterocycles. The van der Waals surface area contributed by atoms with Crippen molar-refractivity contribution < 1.29 is 0 Å². The molecule has 1 nitrogen and oxygen atoms in total. The standard InChI is InChI=1S/C24H39N/c1-3-5-20-6-12-22(13-7-20)23-14-8-21(9-15-23)11-17-24-16-10-19(4-2)18-25-24/h10,16,18,20-23H,3-9,11-15,17H2,1-2H3/t20-,21-,22-,23-. The Kier molecular flexibility index (Phi) is 7.37. The van der Waals surface area contributed by atoms with E-state index in [0.717, 1.165) is 30.1 Å². The molecule has 2 fully saturated rings. The van der Waals surface area contributed by atoms with Gasteiger partial charge < -0.3 is 0 Å². The van der Waals surface area contributed by atoms with E-state index in [9.17, 15) is 0 Å². The monoisotopic (exact) mass is 341 g/mol. The van der Waals surface area contributed by atoms with Gasteiger partial charge in [-0.2, -0.15) is 0 Å². The Balaban J connectivity index is 1.36. The Hall–Kier alpha value is -0.850. The second kappa shape index (κ2) is 9.74. The van der Waals surface area contributed by atoms with Crippen LogP contribution in [0.1, 0.15) is 95.7 Å². The van der Waals surface area contributed by atoms with E-state index in [-0.39, 0.29) is 0 Å². The highest BCUT2D eigenvalue weighted by Gasteiger charge is 2.30. The zero-order chi connectivity index (χ0) is 17.5. The highest BCUT2D eigenvalue weighted by Crippen LogP contribution is 2.42. The van der Waals surface area contributed by atoms with Crippen LogP contribution in [0.2, 0.25) is 0 Å². The van der Waals surface area contributed by atoms with Gasteiger partial charge >= 0.3 is 0 Å². The number of pyridine rings is 1. The van der Waals surface area contributed by atoms with Crippen LogP contribution in [0.15, 0.2) is 18.3 Å². The van der Waals surface area contributed by atoms with Gasteiger partial charge in [0, 0.05) is 11.9 Å². The van der Waals surface area contributed by atoms with E-state index in [1.807, 2.05) is 0 Å². The van der Waals surface area contributed by atoms with E-state index < -0.39 is 0 Å². The second-order valence-electron chi connectivity index (χ2n) is 8.90. The number of hydrogen-bond acceptors (Lipinski definition) is 1. The van der Waals surface area contributed by atoms with Crippen molar-refractivity contribution >= 4 is 0 Å². The van der Waals surface area contributed by atoms with Gasteiger partial charge in [0.15, 0.2) is 0 Å². The van der Waals surface area contributed by atoms with E-state index in [1.54, 1.807) is 0 Å². The molecular formula is C24H39N. The number of nitrogens with zero attached hydrogens (tertiary/aromatic N) is 1. The molecule has 140 valence electrons. The smallest absolute Gasteiger partial charge is 0.0403 e. The summed E-state index contributed by atoms with van der Waals surface area (Å²) in [5.74, 6) is 4.14. The zero-order valence-electron chi connectivity index (χ0n) is 16.7. The summed E-state index contributed by atoms with van der Waals surface area (Å²) >= 11 is 0. The number of aromatic nitrogens is 1. The van der Waals surface area contributed by atoms with Crippen LogP contribution in [-0.2, 0) is 12.8 Å². The predicted molar refractivity (Wildman–Crippen MR) is 108 cm³/mol. The summed E-state index contributed by atoms with van der Waals surface area (Å²) in [6, 6.07) is 4.51. The summed E-state index contributed by atoms with van der Waals surface area (Å²) < 4.78 is 0. The quantitative estimate of drug-likeness (QED) is 0.521. The molecule has 0 aromatic carbocycles. The fourth-order valence-electron chi connectivity index (χ4n) is 5.47. The maximum atomic E-state index is 4.64. The second-order valence-corrected chi connectivity index (χ2v) is 8.90. The first-order chi connectivity index (χ1) is 12.3. The van der Waals surface area contributed by atoms with E-state index in [4.69, 9.17) is 0 Å². The maximum Gasteiger partial charge on any atom is 0.0403 e. The molecule has 25 heavy (non-hydrogen) atoms. The van der Waals surface area contributed by atoms with Crippen molar-refractivity contribution in [1.29, 1.82) is 0 Å². The molecule has 3 rings (SSSR count). The molecule has 0 spiro atoms. The lowest BCUT2D eigenvalue weighted by Crippen LogP contribution is -2.26. The summed E-state index contributed by atoms with van der Waals surface area (Å²) in [4.78, 5) is 4.64. The lowest BCUT2D eigenvalue weighted by atomic mass is 9.68. The SMILES string of the molecule is CCC[C@H]1CC[C@H]([C@H]2CC[C@H](CCc3ccc(CC)cn3)CC2)CC1. The Bertz CT molecular complexity index is 475. The first kappa shape index (κ1) is 18.9. The van der Waals surface area contributed by atoms with Gasteiger partial charge in [0.05, 0.1) is 0 Å². The molecule has 0 N–H and O–H groups in total. The largest absolute Gasteiger partial charge is 0.261 e. The van der Waals surface area contributed by atoms with Gasteiger partial charge in [-0.3, -0.25) is 4.98 Å². The zero-order valence-corrected chi connectivity index (χ0v) is 16.7. The molecule has 0 atom stereocenters. The minimum Gasteiger partial charge on any atom is -0.261 e. The predicted octanol–water partition coefficient (Wildman–Crippen LogP) is 6.99. The van der Waals surface area contributed by atoms with Crippen LogP contribution in [0.4, 0.5) is 0 Å². The Morgan fingerprint density at radius 3 is 1.88 bits per heavy atom. The molecule has 0 unspecified atom stereocenters. The molecule has 1 heterocycles. The van der Waals surface area contributed by atoms with Crippen LogP contribution < -0.4 is 0 Å². The van der Waals surface area contributed by atoms with Gasteiger partial charge in [0.2, 0.25) is 0 Å². The fourth-order valence-corrected chi connectivity index (χ4v) is 5.47. The number of aryl methyl sites for hydroxylation is 2. The highest BCUT2D eigenvalue weighted by atomic mass is 14.7. The minimum atomic E-state index is 0.959. The summed E-state index contributed by atoms with van der Waals surface area (Å²) in [5, 5.41) is 0. The van der Waals surface area contributed by atoms with Crippen molar-refractivity contribution in [3.05, 3.63) is 29.6 Å². The topological polar surface area (TPSA) is 12.9 Å². The molecule has 0 radical (unpaired) electrons. The summed E-state index contributed by atoms with van der Waals surface area (Å²) in [7, 11) is 0. The van der Waals surface area contributed by atoms with Gasteiger partial charge in [-0.25, -0.2) is 0 Å².